The molecule has 0 spiro atoms. The average Bonchev–Trinajstić information content (AvgIpc) is 2.72. The fourth-order valence-corrected chi connectivity index (χ4v) is 3.57. The molecule has 1 aromatic rings. The molecule has 1 saturated heterocycles. The first kappa shape index (κ1) is 26.1. The third kappa shape index (κ3) is 10.6. The van der Waals surface area contributed by atoms with Gasteiger partial charge in [-0.15, -0.1) is 24.0 Å². The van der Waals surface area contributed by atoms with E-state index in [0.717, 1.165) is 57.9 Å². The third-order valence-corrected chi connectivity index (χ3v) is 5.25. The number of aliphatic imine (C=N–C) groups is 1. The van der Waals surface area contributed by atoms with Crippen molar-refractivity contribution in [2.45, 2.75) is 51.2 Å². The number of nitrogens with zero attached hydrogens (tertiary/aromatic N) is 2. The van der Waals surface area contributed by atoms with Crippen LogP contribution in [-0.4, -0.2) is 70.0 Å². The van der Waals surface area contributed by atoms with Crippen LogP contribution in [0.5, 0.6) is 0 Å². The highest BCUT2D eigenvalue weighted by Crippen LogP contribution is 2.19. The van der Waals surface area contributed by atoms with Gasteiger partial charge in [-0.3, -0.25) is 9.89 Å². The number of guanidine groups is 1. The van der Waals surface area contributed by atoms with Gasteiger partial charge in [0.1, 0.15) is 0 Å². The van der Waals surface area contributed by atoms with Crippen LogP contribution in [0.2, 0.25) is 0 Å². The van der Waals surface area contributed by atoms with Crippen LogP contribution in [0.15, 0.2) is 35.3 Å². The molecule has 0 aliphatic carbocycles. The van der Waals surface area contributed by atoms with E-state index >= 15 is 0 Å². The van der Waals surface area contributed by atoms with Crippen molar-refractivity contribution in [1.82, 2.24) is 15.5 Å². The fourth-order valence-electron chi connectivity index (χ4n) is 3.57. The molecule has 166 valence electrons. The molecule has 2 unspecified atom stereocenters. The van der Waals surface area contributed by atoms with Gasteiger partial charge < -0.3 is 20.1 Å². The van der Waals surface area contributed by atoms with Crippen molar-refractivity contribution in [3.63, 3.8) is 0 Å². The zero-order chi connectivity index (χ0) is 20.0. The monoisotopic (exact) mass is 518 g/mol. The van der Waals surface area contributed by atoms with Gasteiger partial charge in [-0.1, -0.05) is 30.3 Å². The lowest BCUT2D eigenvalue weighted by Crippen LogP contribution is -2.51. The number of halogens is 1. The lowest BCUT2D eigenvalue weighted by molar-refractivity contribution is 0.0689. The van der Waals surface area contributed by atoms with Crippen LogP contribution in [0.4, 0.5) is 0 Å². The normalized spacial score (nSPS) is 20.2. The molecule has 0 saturated carbocycles. The number of rotatable bonds is 11. The molecule has 1 aliphatic heterocycles. The maximum absolute atomic E-state index is 5.49. The molecule has 2 rings (SSSR count). The van der Waals surface area contributed by atoms with Gasteiger partial charge in [0, 0.05) is 52.5 Å². The molecule has 1 fully saturated rings. The Labute approximate surface area is 193 Å². The molecule has 1 aromatic carbocycles. The van der Waals surface area contributed by atoms with E-state index < -0.39 is 0 Å². The van der Waals surface area contributed by atoms with Crippen LogP contribution in [-0.2, 0) is 16.0 Å². The van der Waals surface area contributed by atoms with E-state index in [4.69, 9.17) is 9.47 Å². The number of hydrogen-bond acceptors (Lipinski definition) is 4. The molecule has 0 bridgehead atoms. The number of benzene rings is 1. The second kappa shape index (κ2) is 15.9. The van der Waals surface area contributed by atoms with Gasteiger partial charge >= 0.3 is 0 Å². The summed E-state index contributed by atoms with van der Waals surface area (Å²) in [6.07, 6.45) is 4.40. The molecule has 29 heavy (non-hydrogen) atoms. The van der Waals surface area contributed by atoms with Gasteiger partial charge in [0.2, 0.25) is 0 Å². The third-order valence-electron chi connectivity index (χ3n) is 5.25. The average molecular weight is 518 g/mol. The second-order valence-electron chi connectivity index (χ2n) is 7.48. The summed E-state index contributed by atoms with van der Waals surface area (Å²) >= 11 is 0. The Hall–Kier alpha value is -0.900. The smallest absolute Gasteiger partial charge is 0.191 e. The van der Waals surface area contributed by atoms with Crippen molar-refractivity contribution in [3.8, 4) is 0 Å². The summed E-state index contributed by atoms with van der Waals surface area (Å²) in [6.45, 7) is 7.52. The summed E-state index contributed by atoms with van der Waals surface area (Å²) in [6, 6.07) is 11.8. The second-order valence-corrected chi connectivity index (χ2v) is 7.48. The van der Waals surface area contributed by atoms with Crippen LogP contribution in [0.25, 0.3) is 0 Å². The van der Waals surface area contributed by atoms with E-state index in [2.05, 4.69) is 57.8 Å². The molecular weight excluding hydrogens is 479 g/mol. The zero-order valence-electron chi connectivity index (χ0n) is 18.2. The Morgan fingerprint density at radius 1 is 1.17 bits per heavy atom. The summed E-state index contributed by atoms with van der Waals surface area (Å²) in [7, 11) is 3.54. The maximum atomic E-state index is 5.49. The highest BCUT2D eigenvalue weighted by molar-refractivity contribution is 14.0. The molecule has 0 aromatic heterocycles. The van der Waals surface area contributed by atoms with Gasteiger partial charge in [-0.2, -0.15) is 0 Å². The number of methoxy groups -OCH3 is 1. The SMILES string of the molecule is CN=C(NCCCCOCCOC)NC1CCN(Cc2ccccc2)C(C)C1.I. The van der Waals surface area contributed by atoms with Gasteiger partial charge in [0.15, 0.2) is 5.96 Å². The number of unbranched alkanes of at least 4 members (excludes halogenated alkanes) is 1. The molecule has 2 atom stereocenters. The van der Waals surface area contributed by atoms with Gasteiger partial charge in [0.05, 0.1) is 13.2 Å². The van der Waals surface area contributed by atoms with Crippen molar-refractivity contribution in [2.75, 3.05) is 47.1 Å². The van der Waals surface area contributed by atoms with E-state index in [9.17, 15) is 0 Å². The summed E-state index contributed by atoms with van der Waals surface area (Å²) in [5.74, 6) is 0.911. The van der Waals surface area contributed by atoms with Crippen LogP contribution in [0.1, 0.15) is 38.2 Å². The minimum absolute atomic E-state index is 0. The Balaban J connectivity index is 0.00000420. The predicted octanol–water partition coefficient (Wildman–Crippen LogP) is 3.27. The number of hydrogen-bond donors (Lipinski definition) is 2. The molecule has 7 heteroatoms. The number of ether oxygens (including phenoxy) is 2. The van der Waals surface area contributed by atoms with E-state index in [1.165, 1.54) is 5.56 Å². The quantitative estimate of drug-likeness (QED) is 0.204. The summed E-state index contributed by atoms with van der Waals surface area (Å²) in [5, 5.41) is 7.03. The molecule has 2 N–H and O–H groups in total. The lowest BCUT2D eigenvalue weighted by atomic mass is 9.97. The first-order valence-corrected chi connectivity index (χ1v) is 10.5. The van der Waals surface area contributed by atoms with Gasteiger partial charge in [-0.05, 0) is 38.2 Å². The Morgan fingerprint density at radius 2 is 1.97 bits per heavy atom. The number of nitrogens with one attached hydrogen (secondary N) is 2. The molecule has 1 heterocycles. The van der Waals surface area contributed by atoms with Crippen molar-refractivity contribution in [1.29, 1.82) is 0 Å². The number of likely N-dealkylation sites (tertiary alicyclic amines) is 1. The predicted molar refractivity (Wildman–Crippen MR) is 131 cm³/mol. The van der Waals surface area contributed by atoms with Crippen molar-refractivity contribution < 1.29 is 9.47 Å². The first-order valence-electron chi connectivity index (χ1n) is 10.5. The Kier molecular flexibility index (Phi) is 14.3. The van der Waals surface area contributed by atoms with Crippen molar-refractivity contribution >= 4 is 29.9 Å². The molecule has 0 amide bonds. The van der Waals surface area contributed by atoms with Gasteiger partial charge in [-0.25, -0.2) is 0 Å². The largest absolute Gasteiger partial charge is 0.382 e. The highest BCUT2D eigenvalue weighted by Gasteiger charge is 2.25. The van der Waals surface area contributed by atoms with E-state index in [1.807, 2.05) is 7.05 Å². The van der Waals surface area contributed by atoms with Crippen molar-refractivity contribution in [2.24, 2.45) is 4.99 Å². The zero-order valence-corrected chi connectivity index (χ0v) is 20.6. The van der Waals surface area contributed by atoms with Crippen LogP contribution in [0.3, 0.4) is 0 Å². The number of piperidine rings is 1. The van der Waals surface area contributed by atoms with Crippen LogP contribution >= 0.6 is 24.0 Å². The highest BCUT2D eigenvalue weighted by atomic mass is 127. The molecule has 1 aliphatic rings. The van der Waals surface area contributed by atoms with Crippen LogP contribution in [0, 0.1) is 0 Å². The first-order chi connectivity index (χ1) is 13.7. The molecular formula is C22H39IN4O2. The maximum Gasteiger partial charge on any atom is 0.191 e. The minimum atomic E-state index is 0. The summed E-state index contributed by atoms with van der Waals surface area (Å²) in [5.41, 5.74) is 1.39. The molecule has 6 nitrogen and oxygen atoms in total. The van der Waals surface area contributed by atoms with Gasteiger partial charge in [0.25, 0.3) is 0 Å². The standard InChI is InChI=1S/C22H38N4O2.HI/c1-19-17-21(11-13-26(19)18-20-9-5-4-6-10-20)25-22(23-2)24-12-7-8-14-28-16-15-27-3;/h4-6,9-10,19,21H,7-8,11-18H2,1-3H3,(H2,23,24,25);1H. The Morgan fingerprint density at radius 3 is 2.66 bits per heavy atom. The fraction of sp³-hybridized carbons (Fsp3) is 0.682. The van der Waals surface area contributed by atoms with E-state index in [-0.39, 0.29) is 24.0 Å². The summed E-state index contributed by atoms with van der Waals surface area (Å²) < 4.78 is 10.5. The Bertz CT molecular complexity index is 559. The van der Waals surface area contributed by atoms with E-state index in [1.54, 1.807) is 7.11 Å². The van der Waals surface area contributed by atoms with E-state index in [0.29, 0.717) is 25.3 Å². The lowest BCUT2D eigenvalue weighted by Gasteiger charge is -2.38. The van der Waals surface area contributed by atoms with Crippen LogP contribution < -0.4 is 10.6 Å². The van der Waals surface area contributed by atoms with Crippen molar-refractivity contribution in [3.05, 3.63) is 35.9 Å². The molecule has 0 radical (unpaired) electrons. The topological polar surface area (TPSA) is 58.1 Å². The minimum Gasteiger partial charge on any atom is -0.382 e. The summed E-state index contributed by atoms with van der Waals surface area (Å²) in [4.78, 5) is 6.96.